The first-order valence-corrected chi connectivity index (χ1v) is 14.6. The normalized spacial score (nSPS) is 20.9. The van der Waals surface area contributed by atoms with Crippen molar-refractivity contribution in [2.75, 3.05) is 39.3 Å². The number of fused-ring (bicyclic) bond motifs is 1. The number of amides is 1. The van der Waals surface area contributed by atoms with Gasteiger partial charge in [-0.1, -0.05) is 36.4 Å². The van der Waals surface area contributed by atoms with E-state index in [1.807, 2.05) is 23.1 Å². The maximum Gasteiger partial charge on any atom is 0.243 e. The molecule has 0 atom stereocenters. The van der Waals surface area contributed by atoms with Crippen LogP contribution in [0.25, 0.3) is 0 Å². The average molecular weight is 496 g/mol. The maximum absolute atomic E-state index is 13.3. The first kappa shape index (κ1) is 24.5. The Morgan fingerprint density at radius 3 is 2.31 bits per heavy atom. The topological polar surface area (TPSA) is 60.9 Å². The molecule has 0 aromatic heterocycles. The molecule has 2 aliphatic heterocycles. The fraction of sp³-hybridized carbons (Fsp3) is 0.536. The molecule has 0 bridgehead atoms. The van der Waals surface area contributed by atoms with Crippen LogP contribution in [0, 0.1) is 5.92 Å². The number of benzene rings is 2. The summed E-state index contributed by atoms with van der Waals surface area (Å²) in [5.41, 5.74) is 3.78. The molecule has 2 fully saturated rings. The van der Waals surface area contributed by atoms with Gasteiger partial charge in [0.25, 0.3) is 0 Å². The van der Waals surface area contributed by atoms with Crippen molar-refractivity contribution in [1.82, 2.24) is 14.1 Å². The van der Waals surface area contributed by atoms with Crippen molar-refractivity contribution in [3.63, 3.8) is 0 Å². The molecule has 0 unspecified atom stereocenters. The van der Waals surface area contributed by atoms with Crippen LogP contribution < -0.4 is 0 Å². The molecule has 0 spiro atoms. The van der Waals surface area contributed by atoms with Gasteiger partial charge in [-0.15, -0.1) is 0 Å². The van der Waals surface area contributed by atoms with E-state index in [1.54, 1.807) is 10.4 Å². The third-order valence-corrected chi connectivity index (χ3v) is 9.80. The molecule has 188 valence electrons. The van der Waals surface area contributed by atoms with Gasteiger partial charge < -0.3 is 4.90 Å². The largest absolute Gasteiger partial charge is 0.341 e. The van der Waals surface area contributed by atoms with Crippen LogP contribution in [0.1, 0.15) is 48.8 Å². The van der Waals surface area contributed by atoms with Gasteiger partial charge >= 0.3 is 0 Å². The lowest BCUT2D eigenvalue weighted by Gasteiger charge is -2.33. The summed E-state index contributed by atoms with van der Waals surface area (Å²) in [7, 11) is -3.51. The number of aryl methyl sites for hydroxylation is 2. The summed E-state index contributed by atoms with van der Waals surface area (Å²) >= 11 is 0. The number of sulfonamides is 1. The molecule has 1 aliphatic carbocycles. The van der Waals surface area contributed by atoms with Gasteiger partial charge in [0.2, 0.25) is 15.9 Å². The Balaban J connectivity index is 1.15. The molecule has 2 saturated heterocycles. The predicted molar refractivity (Wildman–Crippen MR) is 137 cm³/mol. The Labute approximate surface area is 210 Å². The predicted octanol–water partition coefficient (Wildman–Crippen LogP) is 3.70. The summed E-state index contributed by atoms with van der Waals surface area (Å²) in [6.45, 7) is 5.18. The van der Waals surface area contributed by atoms with E-state index < -0.39 is 10.0 Å². The van der Waals surface area contributed by atoms with Crippen LogP contribution in [-0.4, -0.2) is 67.7 Å². The molecule has 6 nitrogen and oxygen atoms in total. The van der Waals surface area contributed by atoms with Crippen LogP contribution >= 0.6 is 0 Å². The quantitative estimate of drug-likeness (QED) is 0.635. The van der Waals surface area contributed by atoms with Crippen LogP contribution in [0.3, 0.4) is 0 Å². The lowest BCUT2D eigenvalue weighted by molar-refractivity contribution is -0.136. The van der Waals surface area contributed by atoms with E-state index in [9.17, 15) is 13.2 Å². The molecular weight excluding hydrogens is 458 g/mol. The highest BCUT2D eigenvalue weighted by Gasteiger charge is 2.34. The Kier molecular flexibility index (Phi) is 7.56. The summed E-state index contributed by atoms with van der Waals surface area (Å²) in [6, 6.07) is 16.1. The van der Waals surface area contributed by atoms with E-state index in [1.165, 1.54) is 23.1 Å². The second-order valence-corrected chi connectivity index (χ2v) is 12.2. The van der Waals surface area contributed by atoms with Crippen molar-refractivity contribution in [1.29, 1.82) is 0 Å². The van der Waals surface area contributed by atoms with E-state index in [2.05, 4.69) is 29.2 Å². The van der Waals surface area contributed by atoms with Gasteiger partial charge in [0.15, 0.2) is 0 Å². The van der Waals surface area contributed by atoms with E-state index in [0.29, 0.717) is 30.8 Å². The molecular formula is C28H37N3O3S. The highest BCUT2D eigenvalue weighted by Crippen LogP contribution is 2.29. The molecule has 0 N–H and O–H groups in total. The number of hydrogen-bond donors (Lipinski definition) is 0. The summed E-state index contributed by atoms with van der Waals surface area (Å²) in [4.78, 5) is 18.2. The third-order valence-electron chi connectivity index (χ3n) is 7.91. The van der Waals surface area contributed by atoms with Gasteiger partial charge in [0.1, 0.15) is 0 Å². The SMILES string of the molecule is O=C(C1CCN(S(=O)(=O)c2ccc3c(c2)CCCC3)CC1)N1CCCN(Cc2ccccc2)CC1. The highest BCUT2D eigenvalue weighted by atomic mass is 32.2. The van der Waals surface area contributed by atoms with Crippen molar-refractivity contribution in [3.8, 4) is 0 Å². The zero-order chi connectivity index (χ0) is 24.3. The highest BCUT2D eigenvalue weighted by molar-refractivity contribution is 7.89. The Morgan fingerprint density at radius 2 is 1.54 bits per heavy atom. The number of carbonyl (C=O) groups is 1. The molecule has 0 radical (unpaired) electrons. The minimum Gasteiger partial charge on any atom is -0.341 e. The number of carbonyl (C=O) groups excluding carboxylic acids is 1. The number of nitrogens with zero attached hydrogens (tertiary/aromatic N) is 3. The minimum atomic E-state index is -3.51. The molecule has 2 aromatic carbocycles. The molecule has 0 saturated carbocycles. The van der Waals surface area contributed by atoms with Crippen LogP contribution in [0.5, 0.6) is 0 Å². The van der Waals surface area contributed by atoms with Gasteiger partial charge in [-0.25, -0.2) is 8.42 Å². The Bertz CT molecular complexity index is 1130. The van der Waals surface area contributed by atoms with Crippen molar-refractivity contribution < 1.29 is 13.2 Å². The van der Waals surface area contributed by atoms with E-state index in [-0.39, 0.29) is 11.8 Å². The first-order valence-electron chi connectivity index (χ1n) is 13.2. The lowest BCUT2D eigenvalue weighted by atomic mass is 9.92. The zero-order valence-electron chi connectivity index (χ0n) is 20.6. The molecule has 1 amide bonds. The van der Waals surface area contributed by atoms with Crippen LogP contribution in [0.2, 0.25) is 0 Å². The first-order chi connectivity index (χ1) is 17.0. The molecule has 2 heterocycles. The minimum absolute atomic E-state index is 0.0781. The fourth-order valence-electron chi connectivity index (χ4n) is 5.81. The Hall–Kier alpha value is -2.22. The summed E-state index contributed by atoms with van der Waals surface area (Å²) < 4.78 is 28.2. The molecule has 3 aliphatic rings. The summed E-state index contributed by atoms with van der Waals surface area (Å²) in [6.07, 6.45) is 6.51. The second-order valence-electron chi connectivity index (χ2n) is 10.3. The average Bonchev–Trinajstić information content (AvgIpc) is 3.14. The molecule has 7 heteroatoms. The van der Waals surface area contributed by atoms with Crippen molar-refractivity contribution in [3.05, 3.63) is 65.2 Å². The van der Waals surface area contributed by atoms with Crippen molar-refractivity contribution in [2.24, 2.45) is 5.92 Å². The van der Waals surface area contributed by atoms with Crippen molar-refractivity contribution >= 4 is 15.9 Å². The summed E-state index contributed by atoms with van der Waals surface area (Å²) in [5.74, 6) is 0.128. The van der Waals surface area contributed by atoms with Gasteiger partial charge in [-0.3, -0.25) is 9.69 Å². The summed E-state index contributed by atoms with van der Waals surface area (Å²) in [5, 5.41) is 0. The zero-order valence-corrected chi connectivity index (χ0v) is 21.4. The Morgan fingerprint density at radius 1 is 0.800 bits per heavy atom. The van der Waals surface area contributed by atoms with E-state index in [0.717, 1.165) is 58.4 Å². The molecule has 5 rings (SSSR count). The smallest absolute Gasteiger partial charge is 0.243 e. The van der Waals surface area contributed by atoms with Gasteiger partial charge in [-0.2, -0.15) is 4.31 Å². The number of hydrogen-bond acceptors (Lipinski definition) is 4. The third kappa shape index (κ3) is 5.63. The van der Waals surface area contributed by atoms with E-state index >= 15 is 0 Å². The molecule has 2 aromatic rings. The monoisotopic (exact) mass is 495 g/mol. The number of rotatable bonds is 5. The molecule has 35 heavy (non-hydrogen) atoms. The maximum atomic E-state index is 13.3. The van der Waals surface area contributed by atoms with Crippen molar-refractivity contribution in [2.45, 2.75) is 56.4 Å². The van der Waals surface area contributed by atoms with E-state index in [4.69, 9.17) is 0 Å². The van der Waals surface area contributed by atoms with Gasteiger partial charge in [0, 0.05) is 51.7 Å². The fourth-order valence-corrected chi connectivity index (χ4v) is 7.33. The van der Waals surface area contributed by atoms with Gasteiger partial charge in [-0.05, 0) is 73.8 Å². The lowest BCUT2D eigenvalue weighted by Crippen LogP contribution is -2.45. The van der Waals surface area contributed by atoms with Crippen LogP contribution in [0.15, 0.2) is 53.4 Å². The van der Waals surface area contributed by atoms with Gasteiger partial charge in [0.05, 0.1) is 4.90 Å². The van der Waals surface area contributed by atoms with Crippen LogP contribution in [-0.2, 0) is 34.2 Å². The second kappa shape index (κ2) is 10.8. The number of piperidine rings is 1. The van der Waals surface area contributed by atoms with Crippen LogP contribution in [0.4, 0.5) is 0 Å². The standard InChI is InChI=1S/C28H37N3O3S/c32-28(30-16-6-15-29(19-20-30)22-23-7-2-1-3-8-23)25-13-17-31(18-14-25)35(33,34)27-12-11-24-9-4-5-10-26(24)21-27/h1-3,7-8,11-12,21,25H,4-6,9-10,13-20,22H2.